The Hall–Kier alpha value is -1.68. The molecule has 0 aliphatic carbocycles. The summed E-state index contributed by atoms with van der Waals surface area (Å²) >= 11 is -0.453. The highest BCUT2D eigenvalue weighted by Gasteiger charge is 2.29. The van der Waals surface area contributed by atoms with E-state index in [1.54, 1.807) is 6.07 Å². The van der Waals surface area contributed by atoms with E-state index in [1.165, 1.54) is 0 Å². The van der Waals surface area contributed by atoms with Crippen molar-refractivity contribution in [1.82, 2.24) is 0 Å². The van der Waals surface area contributed by atoms with Crippen LogP contribution in [0.2, 0.25) is 0 Å². The van der Waals surface area contributed by atoms with Crippen molar-refractivity contribution < 1.29 is 23.1 Å². The molecule has 0 atom stereocenters. The van der Waals surface area contributed by atoms with E-state index in [9.17, 15) is 18.0 Å². The number of carboxylic acid groups (broad SMARTS) is 1. The van der Waals surface area contributed by atoms with Gasteiger partial charge < -0.3 is 5.11 Å². The number of carbonyl (C=O) groups is 1. The highest BCUT2D eigenvalue weighted by Crippen LogP contribution is 2.37. The van der Waals surface area contributed by atoms with E-state index < -0.39 is 23.2 Å². The molecule has 0 fully saturated rings. The Balaban J connectivity index is 3.16. The fourth-order valence-electron chi connectivity index (χ4n) is 0.980. The van der Waals surface area contributed by atoms with Gasteiger partial charge in [0.25, 0.3) is 0 Å². The average Bonchev–Trinajstić information content (AvgIpc) is 2.14. The van der Waals surface area contributed by atoms with Crippen molar-refractivity contribution in [3.8, 4) is 6.07 Å². The number of rotatable bonds is 2. The van der Waals surface area contributed by atoms with Crippen LogP contribution in [0.5, 0.6) is 0 Å². The van der Waals surface area contributed by atoms with Gasteiger partial charge in [-0.2, -0.15) is 18.4 Å². The van der Waals surface area contributed by atoms with Crippen molar-refractivity contribution >= 4 is 17.7 Å². The van der Waals surface area contributed by atoms with E-state index in [4.69, 9.17) is 10.4 Å². The number of carboxylic acids is 1. The van der Waals surface area contributed by atoms with Crippen molar-refractivity contribution in [2.45, 2.75) is 10.4 Å². The van der Waals surface area contributed by atoms with E-state index >= 15 is 0 Å². The molecule has 16 heavy (non-hydrogen) atoms. The first-order chi connectivity index (χ1) is 7.31. The fraction of sp³-hybridized carbons (Fsp3) is 0.111. The summed E-state index contributed by atoms with van der Waals surface area (Å²) in [5.74, 6) is -1.37. The second-order valence-corrected chi connectivity index (χ2v) is 3.85. The quantitative estimate of drug-likeness (QED) is 0.816. The molecular formula is C9H4F3NO2S. The summed E-state index contributed by atoms with van der Waals surface area (Å²) in [5.41, 5.74) is -4.97. The molecule has 0 saturated heterocycles. The number of halogens is 3. The van der Waals surface area contributed by atoms with Gasteiger partial charge >= 0.3 is 11.5 Å². The Labute approximate surface area is 92.5 Å². The van der Waals surface area contributed by atoms with Crippen LogP contribution in [-0.4, -0.2) is 16.6 Å². The van der Waals surface area contributed by atoms with Crippen molar-refractivity contribution in [3.05, 3.63) is 29.3 Å². The van der Waals surface area contributed by atoms with Crippen molar-refractivity contribution in [3.63, 3.8) is 0 Å². The molecule has 0 aliphatic heterocycles. The predicted molar refractivity (Wildman–Crippen MR) is 50.0 cm³/mol. The minimum absolute atomic E-state index is 0.119. The van der Waals surface area contributed by atoms with Gasteiger partial charge in [0.2, 0.25) is 0 Å². The zero-order valence-corrected chi connectivity index (χ0v) is 8.39. The second kappa shape index (κ2) is 4.45. The second-order valence-electron chi connectivity index (χ2n) is 2.71. The lowest BCUT2D eigenvalue weighted by Gasteiger charge is -2.06. The molecule has 1 N–H and O–H groups in total. The summed E-state index contributed by atoms with van der Waals surface area (Å²) in [7, 11) is 0. The summed E-state index contributed by atoms with van der Waals surface area (Å²) in [5, 5.41) is 17.2. The molecule has 3 nitrogen and oxygen atoms in total. The third-order valence-corrected chi connectivity index (χ3v) is 2.22. The average molecular weight is 247 g/mol. The summed E-state index contributed by atoms with van der Waals surface area (Å²) in [6.45, 7) is 0. The number of benzene rings is 1. The van der Waals surface area contributed by atoms with Crippen LogP contribution in [0.3, 0.4) is 0 Å². The van der Waals surface area contributed by atoms with Gasteiger partial charge in [-0.1, -0.05) is 0 Å². The molecule has 0 saturated carbocycles. The monoisotopic (exact) mass is 247 g/mol. The van der Waals surface area contributed by atoms with Gasteiger partial charge in [0.1, 0.15) is 0 Å². The van der Waals surface area contributed by atoms with E-state index in [2.05, 4.69) is 0 Å². The Morgan fingerprint density at radius 3 is 2.44 bits per heavy atom. The molecule has 0 spiro atoms. The molecule has 1 aromatic rings. The molecule has 1 aromatic carbocycles. The Morgan fingerprint density at radius 1 is 1.38 bits per heavy atom. The minimum atomic E-state index is -4.51. The molecule has 0 aliphatic rings. The zero-order chi connectivity index (χ0) is 12.3. The lowest BCUT2D eigenvalue weighted by molar-refractivity contribution is -0.0328. The molecule has 0 aromatic heterocycles. The van der Waals surface area contributed by atoms with Gasteiger partial charge in [0.15, 0.2) is 0 Å². The highest BCUT2D eigenvalue weighted by atomic mass is 32.2. The molecule has 1 rings (SSSR count). The van der Waals surface area contributed by atoms with Gasteiger partial charge in [-0.05, 0) is 30.0 Å². The van der Waals surface area contributed by atoms with Crippen LogP contribution in [-0.2, 0) is 0 Å². The highest BCUT2D eigenvalue weighted by molar-refractivity contribution is 8.00. The van der Waals surface area contributed by atoms with E-state index in [-0.39, 0.29) is 16.0 Å². The largest absolute Gasteiger partial charge is 0.478 e. The number of hydrogen-bond donors (Lipinski definition) is 1. The number of nitriles is 1. The number of hydrogen-bond acceptors (Lipinski definition) is 3. The van der Waals surface area contributed by atoms with Crippen LogP contribution in [0.1, 0.15) is 15.9 Å². The van der Waals surface area contributed by atoms with E-state index in [0.29, 0.717) is 0 Å². The fourth-order valence-corrected chi connectivity index (χ4v) is 1.62. The smallest absolute Gasteiger partial charge is 0.446 e. The maximum atomic E-state index is 12.0. The molecule has 0 unspecified atom stereocenters. The van der Waals surface area contributed by atoms with Gasteiger partial charge in [0.05, 0.1) is 17.2 Å². The first-order valence-corrected chi connectivity index (χ1v) is 4.68. The molecule has 0 amide bonds. The maximum Gasteiger partial charge on any atom is 0.446 e. The number of nitrogens with zero attached hydrogens (tertiary/aromatic N) is 1. The summed E-state index contributed by atoms with van der Waals surface area (Å²) < 4.78 is 36.1. The Morgan fingerprint density at radius 2 is 2.00 bits per heavy atom. The molecule has 0 radical (unpaired) electrons. The van der Waals surface area contributed by atoms with Gasteiger partial charge in [-0.3, -0.25) is 0 Å². The van der Waals surface area contributed by atoms with E-state index in [0.717, 1.165) is 18.2 Å². The number of alkyl halides is 3. The normalized spacial score (nSPS) is 10.9. The third-order valence-electron chi connectivity index (χ3n) is 1.52. The topological polar surface area (TPSA) is 61.1 Å². The number of aromatic carboxylic acids is 1. The molecule has 0 heterocycles. The lowest BCUT2D eigenvalue weighted by Crippen LogP contribution is -2.02. The van der Waals surface area contributed by atoms with Crippen LogP contribution in [0.25, 0.3) is 0 Å². The van der Waals surface area contributed by atoms with Crippen LogP contribution in [0, 0.1) is 11.3 Å². The standard InChI is InChI=1S/C9H4F3NO2S/c10-9(11,12)16-7-2-5(4-13)1-6(3-7)8(14)15/h1-3H,(H,14,15). The first-order valence-electron chi connectivity index (χ1n) is 3.86. The predicted octanol–water partition coefficient (Wildman–Crippen LogP) is 2.87. The maximum absolute atomic E-state index is 12.0. The van der Waals surface area contributed by atoms with Gasteiger partial charge in [0, 0.05) is 4.90 Å². The van der Waals surface area contributed by atoms with Crippen LogP contribution in [0.4, 0.5) is 13.2 Å². The Bertz CT molecular complexity index is 465. The van der Waals surface area contributed by atoms with Gasteiger partial charge in [-0.25, -0.2) is 4.79 Å². The van der Waals surface area contributed by atoms with Crippen molar-refractivity contribution in [2.24, 2.45) is 0 Å². The lowest BCUT2D eigenvalue weighted by atomic mass is 10.1. The summed E-state index contributed by atoms with van der Waals surface area (Å²) in [6, 6.07) is 4.49. The van der Waals surface area contributed by atoms with E-state index in [1.807, 2.05) is 0 Å². The SMILES string of the molecule is N#Cc1cc(SC(F)(F)F)cc(C(=O)O)c1. The van der Waals surface area contributed by atoms with Gasteiger partial charge in [-0.15, -0.1) is 0 Å². The van der Waals surface area contributed by atoms with Crippen LogP contribution >= 0.6 is 11.8 Å². The first kappa shape index (κ1) is 12.4. The van der Waals surface area contributed by atoms with Crippen molar-refractivity contribution in [2.75, 3.05) is 0 Å². The zero-order valence-electron chi connectivity index (χ0n) is 7.58. The van der Waals surface area contributed by atoms with Crippen molar-refractivity contribution in [1.29, 1.82) is 5.26 Å². The molecular weight excluding hydrogens is 243 g/mol. The van der Waals surface area contributed by atoms with Crippen LogP contribution in [0.15, 0.2) is 23.1 Å². The summed E-state index contributed by atoms with van der Waals surface area (Å²) in [4.78, 5) is 10.3. The molecule has 84 valence electrons. The molecule has 7 heteroatoms. The third kappa shape index (κ3) is 3.47. The number of thioether (sulfide) groups is 1. The molecule has 0 bridgehead atoms. The summed E-state index contributed by atoms with van der Waals surface area (Å²) in [6.07, 6.45) is 0. The minimum Gasteiger partial charge on any atom is -0.478 e. The van der Waals surface area contributed by atoms with Crippen LogP contribution < -0.4 is 0 Å². The Kier molecular flexibility index (Phi) is 3.44.